The number of benzene rings is 1. The van der Waals surface area contributed by atoms with Gasteiger partial charge in [-0.2, -0.15) is 0 Å². The number of imide groups is 1. The predicted octanol–water partition coefficient (Wildman–Crippen LogP) is 3.87. The van der Waals surface area contributed by atoms with Gasteiger partial charge in [-0.3, -0.25) is 19.7 Å². The van der Waals surface area contributed by atoms with Gasteiger partial charge in [0.15, 0.2) is 0 Å². The summed E-state index contributed by atoms with van der Waals surface area (Å²) in [5.41, 5.74) is 2.98. The Bertz CT molecular complexity index is 985. The number of carbonyl (C=O) groups excluding carboxylic acids is 3. The number of hydrogen-bond acceptors (Lipinski definition) is 5. The van der Waals surface area contributed by atoms with Crippen LogP contribution in [0.4, 0.5) is 0 Å². The van der Waals surface area contributed by atoms with Crippen molar-refractivity contribution in [3.63, 3.8) is 0 Å². The van der Waals surface area contributed by atoms with Gasteiger partial charge in [0, 0.05) is 30.6 Å². The number of ether oxygens (including phenoxy) is 1. The van der Waals surface area contributed by atoms with Gasteiger partial charge in [-0.05, 0) is 88.3 Å². The Morgan fingerprint density at radius 3 is 2.56 bits per heavy atom. The number of carbonyl (C=O) groups is 3. The molecular formula is C29H41N3O4. The Labute approximate surface area is 214 Å². The lowest BCUT2D eigenvalue weighted by atomic mass is 9.79. The fourth-order valence-electron chi connectivity index (χ4n) is 6.78. The zero-order chi connectivity index (χ0) is 25.2. The highest BCUT2D eigenvalue weighted by Gasteiger charge is 2.39. The third-order valence-electron chi connectivity index (χ3n) is 8.58. The van der Waals surface area contributed by atoms with E-state index in [0.29, 0.717) is 48.7 Å². The van der Waals surface area contributed by atoms with Crippen molar-refractivity contribution in [2.45, 2.75) is 121 Å². The fourth-order valence-corrected chi connectivity index (χ4v) is 6.78. The standard InChI is InChI=1S/C29H41N3O4/c1-18(2)36-23-10-8-22(9-11-23)30-25-6-4-3-5-20(25)15-19-7-12-24-21(16-19)17-32(29(24)35)26-13-14-27(33)31-28(26)34/h7,12,16,18,20,22-23,25-26,30H,3-6,8-11,13-15,17H2,1-2H3,(H,31,33,34)/t20-,22-,23-,25+,26?/m1/s1. The van der Waals surface area contributed by atoms with Crippen LogP contribution in [0.2, 0.25) is 0 Å². The molecule has 5 rings (SSSR count). The van der Waals surface area contributed by atoms with Crippen LogP contribution in [0.15, 0.2) is 18.2 Å². The second-order valence-corrected chi connectivity index (χ2v) is 11.6. The number of nitrogens with zero attached hydrogens (tertiary/aromatic N) is 1. The van der Waals surface area contributed by atoms with Crippen LogP contribution >= 0.6 is 0 Å². The molecule has 2 saturated carbocycles. The highest BCUT2D eigenvalue weighted by atomic mass is 16.5. The van der Waals surface area contributed by atoms with Gasteiger partial charge in [-0.1, -0.05) is 25.0 Å². The molecule has 0 radical (unpaired) electrons. The fraction of sp³-hybridized carbons (Fsp3) is 0.690. The van der Waals surface area contributed by atoms with Crippen molar-refractivity contribution in [3.8, 4) is 0 Å². The number of amides is 3. The van der Waals surface area contributed by atoms with Gasteiger partial charge in [0.1, 0.15) is 6.04 Å². The lowest BCUT2D eigenvalue weighted by Gasteiger charge is -2.38. The number of piperidine rings is 1. The monoisotopic (exact) mass is 495 g/mol. The topological polar surface area (TPSA) is 87.7 Å². The van der Waals surface area contributed by atoms with Gasteiger partial charge in [-0.25, -0.2) is 0 Å². The molecule has 2 N–H and O–H groups in total. The predicted molar refractivity (Wildman–Crippen MR) is 137 cm³/mol. The van der Waals surface area contributed by atoms with Crippen molar-refractivity contribution < 1.29 is 19.1 Å². The Balaban J connectivity index is 1.20. The molecule has 3 atom stereocenters. The van der Waals surface area contributed by atoms with Crippen molar-refractivity contribution in [1.82, 2.24) is 15.5 Å². The first-order valence-corrected chi connectivity index (χ1v) is 14.1. The van der Waals surface area contributed by atoms with Crippen LogP contribution in [0.5, 0.6) is 0 Å². The van der Waals surface area contributed by atoms with Crippen LogP contribution in [-0.2, 0) is 27.3 Å². The van der Waals surface area contributed by atoms with Gasteiger partial charge in [-0.15, -0.1) is 0 Å². The summed E-state index contributed by atoms with van der Waals surface area (Å²) in [4.78, 5) is 38.5. The molecule has 1 unspecified atom stereocenters. The number of rotatable bonds is 7. The molecule has 7 nitrogen and oxygen atoms in total. The molecule has 0 bridgehead atoms. The van der Waals surface area contributed by atoms with E-state index in [-0.39, 0.29) is 24.1 Å². The van der Waals surface area contributed by atoms with E-state index in [0.717, 1.165) is 24.8 Å². The summed E-state index contributed by atoms with van der Waals surface area (Å²) in [6, 6.07) is 6.80. The van der Waals surface area contributed by atoms with Gasteiger partial charge in [0.2, 0.25) is 11.8 Å². The minimum absolute atomic E-state index is 0.0969. The first-order chi connectivity index (χ1) is 17.4. The van der Waals surface area contributed by atoms with Gasteiger partial charge < -0.3 is 15.0 Å². The largest absolute Gasteiger partial charge is 0.376 e. The first-order valence-electron chi connectivity index (χ1n) is 14.1. The molecule has 1 aromatic rings. The second kappa shape index (κ2) is 11.0. The molecule has 3 amide bonds. The van der Waals surface area contributed by atoms with Crippen LogP contribution in [0.1, 0.15) is 99.5 Å². The molecule has 3 fully saturated rings. The van der Waals surface area contributed by atoms with E-state index in [9.17, 15) is 14.4 Å². The minimum atomic E-state index is -0.556. The summed E-state index contributed by atoms with van der Waals surface area (Å²) in [7, 11) is 0. The number of hydrogen-bond donors (Lipinski definition) is 2. The lowest BCUT2D eigenvalue weighted by Crippen LogP contribution is -2.52. The van der Waals surface area contributed by atoms with E-state index in [1.807, 2.05) is 6.07 Å². The molecule has 1 aromatic carbocycles. The summed E-state index contributed by atoms with van der Waals surface area (Å²) in [6.45, 7) is 4.69. The molecule has 1 saturated heterocycles. The summed E-state index contributed by atoms with van der Waals surface area (Å²) in [5, 5.41) is 6.41. The SMILES string of the molecule is CC(C)O[C@H]1CC[C@H](N[C@H]2CCCC[C@@H]2Cc2ccc3c(c2)CN(C2CCC(=O)NC2=O)C3=O)CC1. The first kappa shape index (κ1) is 25.4. The van der Waals surface area contributed by atoms with Gasteiger partial charge in [0.05, 0.1) is 12.2 Å². The van der Waals surface area contributed by atoms with E-state index in [1.54, 1.807) is 4.90 Å². The molecule has 2 heterocycles. The van der Waals surface area contributed by atoms with E-state index in [4.69, 9.17) is 4.74 Å². The summed E-state index contributed by atoms with van der Waals surface area (Å²) in [5.74, 6) is -0.103. The zero-order valence-corrected chi connectivity index (χ0v) is 21.8. The lowest BCUT2D eigenvalue weighted by molar-refractivity contribution is -0.136. The highest BCUT2D eigenvalue weighted by Crippen LogP contribution is 2.33. The maximum atomic E-state index is 13.0. The van der Waals surface area contributed by atoms with Crippen molar-refractivity contribution >= 4 is 17.7 Å². The average Bonchev–Trinajstić information content (AvgIpc) is 3.16. The smallest absolute Gasteiger partial charge is 0.255 e. The van der Waals surface area contributed by atoms with Crippen molar-refractivity contribution in [2.75, 3.05) is 0 Å². The molecular weight excluding hydrogens is 454 g/mol. The molecule has 0 spiro atoms. The Kier molecular flexibility index (Phi) is 7.77. The van der Waals surface area contributed by atoms with Gasteiger partial charge in [0.25, 0.3) is 5.91 Å². The molecule has 7 heteroatoms. The van der Waals surface area contributed by atoms with E-state index >= 15 is 0 Å². The normalized spacial score (nSPS) is 31.0. The Morgan fingerprint density at radius 1 is 1.03 bits per heavy atom. The van der Waals surface area contributed by atoms with Crippen LogP contribution in [0.25, 0.3) is 0 Å². The minimum Gasteiger partial charge on any atom is -0.376 e. The quantitative estimate of drug-likeness (QED) is 0.561. The van der Waals surface area contributed by atoms with Crippen molar-refractivity contribution in [1.29, 1.82) is 0 Å². The van der Waals surface area contributed by atoms with Crippen LogP contribution < -0.4 is 10.6 Å². The molecule has 36 heavy (non-hydrogen) atoms. The van der Waals surface area contributed by atoms with E-state index in [2.05, 4.69) is 36.6 Å². The van der Waals surface area contributed by atoms with Gasteiger partial charge >= 0.3 is 0 Å². The van der Waals surface area contributed by atoms with Crippen LogP contribution in [0.3, 0.4) is 0 Å². The summed E-state index contributed by atoms with van der Waals surface area (Å²) >= 11 is 0. The van der Waals surface area contributed by atoms with E-state index < -0.39 is 6.04 Å². The van der Waals surface area contributed by atoms with E-state index in [1.165, 1.54) is 44.1 Å². The Hall–Kier alpha value is -2.25. The maximum absolute atomic E-state index is 13.0. The Morgan fingerprint density at radius 2 is 1.81 bits per heavy atom. The van der Waals surface area contributed by atoms with Crippen molar-refractivity contribution in [3.05, 3.63) is 34.9 Å². The summed E-state index contributed by atoms with van der Waals surface area (Å²) in [6.07, 6.45) is 12.2. The second-order valence-electron chi connectivity index (χ2n) is 11.6. The van der Waals surface area contributed by atoms with Crippen LogP contribution in [0, 0.1) is 5.92 Å². The molecule has 196 valence electrons. The maximum Gasteiger partial charge on any atom is 0.255 e. The molecule has 0 aromatic heterocycles. The van der Waals surface area contributed by atoms with Crippen molar-refractivity contribution in [2.24, 2.45) is 5.92 Å². The molecule has 2 aliphatic carbocycles. The molecule has 4 aliphatic rings. The average molecular weight is 496 g/mol. The number of nitrogens with one attached hydrogen (secondary N) is 2. The zero-order valence-electron chi connectivity index (χ0n) is 21.8. The number of fused-ring (bicyclic) bond motifs is 1. The molecule has 2 aliphatic heterocycles. The third kappa shape index (κ3) is 5.67. The highest BCUT2D eigenvalue weighted by molar-refractivity contribution is 6.05. The van der Waals surface area contributed by atoms with Crippen LogP contribution in [-0.4, -0.2) is 53.0 Å². The third-order valence-corrected chi connectivity index (χ3v) is 8.58. The summed E-state index contributed by atoms with van der Waals surface area (Å²) < 4.78 is 6.04.